The average Bonchev–Trinajstić information content (AvgIpc) is 2.77. The summed E-state index contributed by atoms with van der Waals surface area (Å²) >= 11 is 0. The Hall–Kier alpha value is -2.21. The molecule has 0 fully saturated rings. The molecule has 0 unspecified atom stereocenters. The van der Waals surface area contributed by atoms with E-state index in [4.69, 9.17) is 10.8 Å². The number of nitrogens with zero attached hydrogens (tertiary/aromatic N) is 3. The topological polar surface area (TPSA) is 94.0 Å². The highest BCUT2D eigenvalue weighted by Gasteiger charge is 2.05. The van der Waals surface area contributed by atoms with Gasteiger partial charge in [0.1, 0.15) is 12.9 Å². The fourth-order valence-corrected chi connectivity index (χ4v) is 1.37. The third-order valence-corrected chi connectivity index (χ3v) is 2.19. The first-order valence-corrected chi connectivity index (χ1v) is 4.62. The number of benzene rings is 1. The summed E-state index contributed by atoms with van der Waals surface area (Å²) in [6.45, 7) is -0.197. The van der Waals surface area contributed by atoms with E-state index in [0.29, 0.717) is 11.4 Å². The van der Waals surface area contributed by atoms with E-state index in [1.54, 1.807) is 28.8 Å². The molecule has 0 aliphatic heterocycles. The van der Waals surface area contributed by atoms with Crippen molar-refractivity contribution < 1.29 is 9.90 Å². The molecule has 1 aromatic carbocycles. The molecule has 0 aliphatic carbocycles. The van der Waals surface area contributed by atoms with Gasteiger partial charge in [-0.05, 0) is 24.3 Å². The van der Waals surface area contributed by atoms with Crippen LogP contribution in [0.2, 0.25) is 0 Å². The van der Waals surface area contributed by atoms with Crippen LogP contribution in [0.3, 0.4) is 0 Å². The monoisotopic (exact) mass is 218 g/mol. The molecule has 6 nitrogen and oxygen atoms in total. The van der Waals surface area contributed by atoms with Crippen LogP contribution in [-0.4, -0.2) is 25.8 Å². The fourth-order valence-electron chi connectivity index (χ4n) is 1.37. The van der Waals surface area contributed by atoms with Crippen LogP contribution in [-0.2, 0) is 6.61 Å². The molecular weight excluding hydrogens is 208 g/mol. The van der Waals surface area contributed by atoms with Crippen molar-refractivity contribution in [2.75, 3.05) is 0 Å². The van der Waals surface area contributed by atoms with Crippen LogP contribution >= 0.6 is 0 Å². The standard InChI is InChI=1S/C10H10N4O2/c11-10(16)7-1-3-8(4-2-7)14-6-12-13-9(14)5-15/h1-4,6,15H,5H2,(H2,11,16). The highest BCUT2D eigenvalue weighted by molar-refractivity contribution is 5.92. The fraction of sp³-hybridized carbons (Fsp3) is 0.100. The molecule has 2 rings (SSSR count). The summed E-state index contributed by atoms with van der Waals surface area (Å²) in [6, 6.07) is 6.64. The van der Waals surface area contributed by atoms with Crippen LogP contribution in [0.1, 0.15) is 16.2 Å². The summed E-state index contributed by atoms with van der Waals surface area (Å²) in [7, 11) is 0. The van der Waals surface area contributed by atoms with Gasteiger partial charge in [0, 0.05) is 11.3 Å². The maximum Gasteiger partial charge on any atom is 0.248 e. The summed E-state index contributed by atoms with van der Waals surface area (Å²) in [5.74, 6) is -0.0375. The van der Waals surface area contributed by atoms with Gasteiger partial charge in [-0.2, -0.15) is 0 Å². The van der Waals surface area contributed by atoms with Crippen molar-refractivity contribution >= 4 is 5.91 Å². The van der Waals surface area contributed by atoms with Crippen molar-refractivity contribution in [2.24, 2.45) is 5.73 Å². The maximum atomic E-state index is 10.9. The lowest BCUT2D eigenvalue weighted by atomic mass is 10.2. The number of aliphatic hydroxyl groups excluding tert-OH is 1. The largest absolute Gasteiger partial charge is 0.388 e. The molecule has 0 bridgehead atoms. The maximum absolute atomic E-state index is 10.9. The summed E-state index contributed by atoms with van der Waals surface area (Å²) in [6.07, 6.45) is 1.49. The Morgan fingerprint density at radius 1 is 1.38 bits per heavy atom. The second-order valence-electron chi connectivity index (χ2n) is 3.19. The predicted molar refractivity (Wildman–Crippen MR) is 55.8 cm³/mol. The number of primary amides is 1. The number of aliphatic hydroxyl groups is 1. The predicted octanol–water partition coefficient (Wildman–Crippen LogP) is -0.142. The van der Waals surface area contributed by atoms with Crippen LogP contribution in [0.5, 0.6) is 0 Å². The highest BCUT2D eigenvalue weighted by Crippen LogP contribution is 2.11. The molecule has 0 aliphatic rings. The quantitative estimate of drug-likeness (QED) is 0.749. The van der Waals surface area contributed by atoms with Crippen molar-refractivity contribution in [3.63, 3.8) is 0 Å². The van der Waals surface area contributed by atoms with Gasteiger partial charge in [-0.3, -0.25) is 9.36 Å². The molecule has 16 heavy (non-hydrogen) atoms. The van der Waals surface area contributed by atoms with Crippen molar-refractivity contribution in [3.8, 4) is 5.69 Å². The van der Waals surface area contributed by atoms with Gasteiger partial charge in [0.25, 0.3) is 0 Å². The highest BCUT2D eigenvalue weighted by atomic mass is 16.3. The van der Waals surface area contributed by atoms with E-state index < -0.39 is 5.91 Å². The van der Waals surface area contributed by atoms with Crippen LogP contribution < -0.4 is 5.73 Å². The van der Waals surface area contributed by atoms with Gasteiger partial charge < -0.3 is 10.8 Å². The Morgan fingerprint density at radius 3 is 2.62 bits per heavy atom. The first-order chi connectivity index (χ1) is 7.72. The lowest BCUT2D eigenvalue weighted by molar-refractivity contribution is 0.100. The molecule has 1 heterocycles. The van der Waals surface area contributed by atoms with Gasteiger partial charge >= 0.3 is 0 Å². The van der Waals surface area contributed by atoms with Crippen LogP contribution in [0.4, 0.5) is 0 Å². The number of carbonyl (C=O) groups is 1. The third-order valence-electron chi connectivity index (χ3n) is 2.19. The van der Waals surface area contributed by atoms with Gasteiger partial charge in [-0.15, -0.1) is 10.2 Å². The summed E-state index contributed by atoms with van der Waals surface area (Å²) in [4.78, 5) is 10.9. The van der Waals surface area contributed by atoms with Crippen molar-refractivity contribution in [1.82, 2.24) is 14.8 Å². The number of aromatic nitrogens is 3. The minimum absolute atomic E-state index is 0.197. The smallest absolute Gasteiger partial charge is 0.248 e. The van der Waals surface area contributed by atoms with E-state index >= 15 is 0 Å². The number of rotatable bonds is 3. The van der Waals surface area contributed by atoms with Crippen LogP contribution in [0, 0.1) is 0 Å². The van der Waals surface area contributed by atoms with E-state index in [-0.39, 0.29) is 6.61 Å². The first-order valence-electron chi connectivity index (χ1n) is 4.62. The zero-order valence-electron chi connectivity index (χ0n) is 8.37. The van der Waals surface area contributed by atoms with E-state index in [1.807, 2.05) is 0 Å². The zero-order chi connectivity index (χ0) is 11.5. The summed E-state index contributed by atoms with van der Waals surface area (Å²) in [5, 5.41) is 16.4. The minimum atomic E-state index is -0.474. The van der Waals surface area contributed by atoms with Crippen molar-refractivity contribution in [1.29, 1.82) is 0 Å². The normalized spacial score (nSPS) is 10.3. The Kier molecular flexibility index (Phi) is 2.65. The first kappa shape index (κ1) is 10.3. The summed E-state index contributed by atoms with van der Waals surface area (Å²) < 4.78 is 1.63. The SMILES string of the molecule is NC(=O)c1ccc(-n2cnnc2CO)cc1. The molecule has 0 spiro atoms. The summed E-state index contributed by atoms with van der Waals surface area (Å²) in [5.41, 5.74) is 6.32. The van der Waals surface area contributed by atoms with E-state index in [0.717, 1.165) is 5.69 Å². The molecule has 3 N–H and O–H groups in total. The van der Waals surface area contributed by atoms with Gasteiger partial charge in [0.05, 0.1) is 0 Å². The lowest BCUT2D eigenvalue weighted by Gasteiger charge is -2.04. The van der Waals surface area contributed by atoms with Crippen LogP contribution in [0.15, 0.2) is 30.6 Å². The number of amides is 1. The van der Waals surface area contributed by atoms with Crippen LogP contribution in [0.25, 0.3) is 5.69 Å². The molecule has 1 amide bonds. The Morgan fingerprint density at radius 2 is 2.06 bits per heavy atom. The number of nitrogens with two attached hydrogens (primary N) is 1. The van der Waals surface area contributed by atoms with E-state index in [1.165, 1.54) is 6.33 Å². The molecule has 0 saturated heterocycles. The molecule has 0 atom stereocenters. The Bertz CT molecular complexity index is 504. The van der Waals surface area contributed by atoms with E-state index in [9.17, 15) is 4.79 Å². The second kappa shape index (κ2) is 4.11. The molecule has 82 valence electrons. The minimum Gasteiger partial charge on any atom is -0.388 e. The Labute approximate surface area is 91.3 Å². The van der Waals surface area contributed by atoms with Crippen molar-refractivity contribution in [3.05, 3.63) is 42.0 Å². The molecule has 2 aromatic rings. The lowest BCUT2D eigenvalue weighted by Crippen LogP contribution is -2.10. The Balaban J connectivity index is 2.38. The number of carbonyl (C=O) groups excluding carboxylic acids is 1. The molecule has 0 saturated carbocycles. The number of hydrogen-bond acceptors (Lipinski definition) is 4. The molecule has 1 aromatic heterocycles. The second-order valence-corrected chi connectivity index (χ2v) is 3.19. The van der Waals surface area contributed by atoms with Gasteiger partial charge in [0.15, 0.2) is 5.82 Å². The number of hydrogen-bond donors (Lipinski definition) is 2. The molecule has 6 heteroatoms. The van der Waals surface area contributed by atoms with Crippen molar-refractivity contribution in [2.45, 2.75) is 6.61 Å². The third kappa shape index (κ3) is 1.78. The van der Waals surface area contributed by atoms with Gasteiger partial charge in [-0.1, -0.05) is 0 Å². The molecular formula is C10H10N4O2. The molecule has 0 radical (unpaired) electrons. The average molecular weight is 218 g/mol. The zero-order valence-corrected chi connectivity index (χ0v) is 8.37. The van der Waals surface area contributed by atoms with Gasteiger partial charge in [0.2, 0.25) is 5.91 Å². The van der Waals surface area contributed by atoms with Gasteiger partial charge in [-0.25, -0.2) is 0 Å². The van der Waals surface area contributed by atoms with E-state index in [2.05, 4.69) is 10.2 Å².